The van der Waals surface area contributed by atoms with Gasteiger partial charge in [0.2, 0.25) is 5.91 Å². The molecule has 144 valence electrons. The largest absolute Gasteiger partial charge is 0.377 e. The van der Waals surface area contributed by atoms with Gasteiger partial charge in [0, 0.05) is 19.0 Å². The molecule has 1 heterocycles. The maximum atomic E-state index is 11.4. The summed E-state index contributed by atoms with van der Waals surface area (Å²) in [5.74, 6) is 0.444. The van der Waals surface area contributed by atoms with Crippen LogP contribution in [-0.4, -0.2) is 60.5 Å². The summed E-state index contributed by atoms with van der Waals surface area (Å²) in [5.41, 5.74) is 0.816. The predicted molar refractivity (Wildman–Crippen MR) is 94.2 cm³/mol. The van der Waals surface area contributed by atoms with Crippen molar-refractivity contribution in [3.8, 4) is 0 Å². The molecule has 8 nitrogen and oxygen atoms in total. The first kappa shape index (κ1) is 21.5. The molecular formula is C17H32N4O4. The Morgan fingerprint density at radius 3 is 2.32 bits per heavy atom. The van der Waals surface area contributed by atoms with Crippen LogP contribution in [0.1, 0.15) is 45.9 Å². The van der Waals surface area contributed by atoms with Gasteiger partial charge in [-0.05, 0) is 19.8 Å². The van der Waals surface area contributed by atoms with E-state index < -0.39 is 0 Å². The maximum Gasteiger partial charge on any atom is 0.220 e. The zero-order valence-electron chi connectivity index (χ0n) is 15.9. The fourth-order valence-corrected chi connectivity index (χ4v) is 1.95. The highest BCUT2D eigenvalue weighted by molar-refractivity contribution is 5.75. The molecule has 0 fully saturated rings. The van der Waals surface area contributed by atoms with E-state index in [1.165, 1.54) is 0 Å². The van der Waals surface area contributed by atoms with Crippen molar-refractivity contribution < 1.29 is 19.0 Å². The van der Waals surface area contributed by atoms with Gasteiger partial charge in [-0.25, -0.2) is 4.68 Å². The lowest BCUT2D eigenvalue weighted by atomic mass is 10.1. The predicted octanol–water partition coefficient (Wildman–Crippen LogP) is 1.57. The number of nitrogens with zero attached hydrogens (tertiary/aromatic N) is 3. The van der Waals surface area contributed by atoms with E-state index in [1.807, 2.05) is 20.0 Å². The average Bonchev–Trinajstić information content (AvgIpc) is 3.01. The summed E-state index contributed by atoms with van der Waals surface area (Å²) in [4.78, 5) is 11.4. The van der Waals surface area contributed by atoms with Crippen LogP contribution in [0.15, 0.2) is 6.20 Å². The second-order valence-corrected chi connectivity index (χ2v) is 6.51. The number of hydrogen-bond acceptors (Lipinski definition) is 6. The number of ether oxygens (including phenoxy) is 3. The van der Waals surface area contributed by atoms with E-state index in [0.717, 1.165) is 5.69 Å². The van der Waals surface area contributed by atoms with Gasteiger partial charge in [-0.2, -0.15) is 0 Å². The van der Waals surface area contributed by atoms with Gasteiger partial charge in [0.05, 0.1) is 45.8 Å². The summed E-state index contributed by atoms with van der Waals surface area (Å²) < 4.78 is 18.1. The molecule has 1 aromatic heterocycles. The molecule has 1 amide bonds. The lowest BCUT2D eigenvalue weighted by molar-refractivity contribution is -0.122. The maximum absolute atomic E-state index is 11.4. The van der Waals surface area contributed by atoms with E-state index in [4.69, 9.17) is 14.2 Å². The quantitative estimate of drug-likeness (QED) is 0.509. The molecule has 0 bridgehead atoms. The summed E-state index contributed by atoms with van der Waals surface area (Å²) in [7, 11) is 0. The fourth-order valence-electron chi connectivity index (χ4n) is 1.95. The molecule has 0 saturated carbocycles. The van der Waals surface area contributed by atoms with Crippen molar-refractivity contribution in [1.82, 2.24) is 20.3 Å². The number of amides is 1. The highest BCUT2D eigenvalue weighted by Crippen LogP contribution is 2.03. The zero-order valence-corrected chi connectivity index (χ0v) is 15.9. The van der Waals surface area contributed by atoms with Crippen molar-refractivity contribution in [3.63, 3.8) is 0 Å². The Labute approximate surface area is 150 Å². The van der Waals surface area contributed by atoms with Crippen LogP contribution in [0.4, 0.5) is 0 Å². The lowest BCUT2D eigenvalue weighted by Gasteiger charge is -2.08. The second kappa shape index (κ2) is 12.8. The molecule has 0 spiro atoms. The van der Waals surface area contributed by atoms with Crippen molar-refractivity contribution in [2.45, 2.75) is 46.8 Å². The van der Waals surface area contributed by atoms with E-state index in [9.17, 15) is 4.79 Å². The van der Waals surface area contributed by atoms with Crippen molar-refractivity contribution in [1.29, 1.82) is 0 Å². The highest BCUT2D eigenvalue weighted by Gasteiger charge is 2.04. The topological polar surface area (TPSA) is 87.5 Å². The van der Waals surface area contributed by atoms with Gasteiger partial charge in [-0.15, -0.1) is 5.10 Å². The zero-order chi connectivity index (χ0) is 18.5. The molecule has 1 aromatic rings. The van der Waals surface area contributed by atoms with E-state index in [2.05, 4.69) is 29.5 Å². The van der Waals surface area contributed by atoms with Gasteiger partial charge in [0.15, 0.2) is 0 Å². The van der Waals surface area contributed by atoms with Gasteiger partial charge in [-0.1, -0.05) is 19.1 Å². The van der Waals surface area contributed by atoms with Crippen LogP contribution in [0.5, 0.6) is 0 Å². The van der Waals surface area contributed by atoms with E-state index in [1.54, 1.807) is 4.68 Å². The second-order valence-electron chi connectivity index (χ2n) is 6.51. The highest BCUT2D eigenvalue weighted by atomic mass is 16.5. The monoisotopic (exact) mass is 356 g/mol. The normalized spacial score (nSPS) is 11.4. The van der Waals surface area contributed by atoms with Gasteiger partial charge in [-0.3, -0.25) is 4.79 Å². The van der Waals surface area contributed by atoms with Gasteiger partial charge in [0.25, 0.3) is 0 Å². The third kappa shape index (κ3) is 10.9. The first-order valence-electron chi connectivity index (χ1n) is 8.89. The summed E-state index contributed by atoms with van der Waals surface area (Å²) in [5, 5.41) is 10.9. The molecular weight excluding hydrogens is 324 g/mol. The Balaban J connectivity index is 1.86. The van der Waals surface area contributed by atoms with Crippen molar-refractivity contribution in [2.75, 3.05) is 39.6 Å². The molecule has 0 unspecified atom stereocenters. The first-order valence-corrected chi connectivity index (χ1v) is 8.89. The Kier molecular flexibility index (Phi) is 11.0. The Hall–Kier alpha value is -1.51. The van der Waals surface area contributed by atoms with E-state index in [-0.39, 0.29) is 5.91 Å². The fraction of sp³-hybridized carbons (Fsp3) is 0.824. The summed E-state index contributed by atoms with van der Waals surface area (Å²) >= 11 is 0. The third-order valence-corrected chi connectivity index (χ3v) is 3.24. The minimum Gasteiger partial charge on any atom is -0.377 e. The van der Waals surface area contributed by atoms with Crippen LogP contribution in [0.3, 0.4) is 0 Å². The molecule has 1 rings (SSSR count). The number of nitrogens with one attached hydrogen (secondary N) is 1. The number of carbonyl (C=O) groups is 1. The van der Waals surface area contributed by atoms with E-state index >= 15 is 0 Å². The summed E-state index contributed by atoms with van der Waals surface area (Å²) in [6, 6.07) is 0.299. The molecule has 0 aliphatic heterocycles. The molecule has 0 aliphatic carbocycles. The lowest BCUT2D eigenvalue weighted by Crippen LogP contribution is -2.28. The number of rotatable bonds is 14. The summed E-state index contributed by atoms with van der Waals surface area (Å²) in [6.45, 7) is 11.6. The molecule has 25 heavy (non-hydrogen) atoms. The molecule has 0 aromatic carbocycles. The first-order chi connectivity index (χ1) is 12.0. The van der Waals surface area contributed by atoms with Gasteiger partial charge < -0.3 is 19.5 Å². The Bertz CT molecular complexity index is 477. The molecule has 0 aliphatic rings. The molecule has 0 radical (unpaired) electrons. The number of aromatic nitrogens is 3. The van der Waals surface area contributed by atoms with Crippen LogP contribution in [-0.2, 0) is 25.6 Å². The van der Waals surface area contributed by atoms with Crippen LogP contribution in [0.2, 0.25) is 0 Å². The number of carbonyl (C=O) groups excluding carboxylic acids is 1. The molecule has 1 N–H and O–H groups in total. The average molecular weight is 356 g/mol. The summed E-state index contributed by atoms with van der Waals surface area (Å²) in [6.07, 6.45) is 2.44. The van der Waals surface area contributed by atoms with Crippen LogP contribution in [0.25, 0.3) is 0 Å². The van der Waals surface area contributed by atoms with Crippen LogP contribution < -0.4 is 5.32 Å². The Morgan fingerprint density at radius 1 is 1.08 bits per heavy atom. The standard InChI is InChI=1S/C17H32N4O4/c1-14(2)11-17(22)18-5-6-23-7-8-24-9-10-25-13-16-12-21(15(3)4)20-19-16/h12,14-15H,5-11,13H2,1-4H3,(H,18,22). The smallest absolute Gasteiger partial charge is 0.220 e. The van der Waals surface area contributed by atoms with Gasteiger partial charge in [0.1, 0.15) is 5.69 Å². The third-order valence-electron chi connectivity index (χ3n) is 3.24. The number of hydrogen-bond donors (Lipinski definition) is 1. The van der Waals surface area contributed by atoms with Crippen molar-refractivity contribution in [3.05, 3.63) is 11.9 Å². The minimum atomic E-state index is 0.0698. The minimum absolute atomic E-state index is 0.0698. The Morgan fingerprint density at radius 2 is 1.72 bits per heavy atom. The van der Waals surface area contributed by atoms with Crippen molar-refractivity contribution >= 4 is 5.91 Å². The van der Waals surface area contributed by atoms with Crippen LogP contribution >= 0.6 is 0 Å². The molecule has 0 saturated heterocycles. The van der Waals surface area contributed by atoms with Crippen LogP contribution in [0, 0.1) is 5.92 Å². The van der Waals surface area contributed by atoms with E-state index in [0.29, 0.717) is 64.6 Å². The SMILES string of the molecule is CC(C)CC(=O)NCCOCCOCCOCc1cn(C(C)C)nn1. The molecule has 0 atom stereocenters. The van der Waals surface area contributed by atoms with Crippen molar-refractivity contribution in [2.24, 2.45) is 5.92 Å². The molecule has 8 heteroatoms. The van der Waals surface area contributed by atoms with Gasteiger partial charge >= 0.3 is 0 Å².